The van der Waals surface area contributed by atoms with E-state index in [0.29, 0.717) is 13.1 Å². The lowest BCUT2D eigenvalue weighted by Gasteiger charge is -2.20. The highest BCUT2D eigenvalue weighted by Gasteiger charge is 2.17. The van der Waals surface area contributed by atoms with Gasteiger partial charge >= 0.3 is 5.69 Å². The van der Waals surface area contributed by atoms with Crippen LogP contribution in [0.1, 0.15) is 17.0 Å². The fourth-order valence-electron chi connectivity index (χ4n) is 3.42. The van der Waals surface area contributed by atoms with E-state index in [1.807, 2.05) is 23.0 Å². The maximum atomic E-state index is 11.8. The molecule has 0 amide bonds. The Morgan fingerprint density at radius 3 is 2.96 bits per heavy atom. The van der Waals surface area contributed by atoms with Gasteiger partial charge in [0, 0.05) is 50.6 Å². The van der Waals surface area contributed by atoms with Crippen molar-refractivity contribution in [3.05, 3.63) is 64.1 Å². The number of benzene rings is 1. The number of hydrogen-bond donors (Lipinski definition) is 1. The minimum Gasteiger partial charge on any atom is -0.496 e. The first-order valence-corrected chi connectivity index (χ1v) is 8.72. The van der Waals surface area contributed by atoms with Crippen LogP contribution in [0.3, 0.4) is 0 Å². The molecule has 0 radical (unpaired) electrons. The highest BCUT2D eigenvalue weighted by molar-refractivity contribution is 5.37. The number of aromatic amines is 1. The van der Waals surface area contributed by atoms with E-state index in [4.69, 9.17) is 4.74 Å². The number of hydrogen-bond acceptors (Lipinski definition) is 5. The fraction of sp³-hybridized carbons (Fsp3) is 0.389. The van der Waals surface area contributed by atoms with Crippen LogP contribution < -0.4 is 10.4 Å². The lowest BCUT2D eigenvalue weighted by atomic mass is 10.1. The Morgan fingerprint density at radius 2 is 2.15 bits per heavy atom. The van der Waals surface area contributed by atoms with Gasteiger partial charge in [-0.1, -0.05) is 6.07 Å². The minimum atomic E-state index is -0.118. The Balaban J connectivity index is 1.49. The van der Waals surface area contributed by atoms with Crippen molar-refractivity contribution >= 4 is 0 Å². The molecule has 3 aromatic rings. The zero-order valence-corrected chi connectivity index (χ0v) is 14.8. The van der Waals surface area contributed by atoms with Crippen molar-refractivity contribution in [3.63, 3.8) is 0 Å². The molecule has 26 heavy (non-hydrogen) atoms. The third kappa shape index (κ3) is 3.41. The summed E-state index contributed by atoms with van der Waals surface area (Å²) in [7, 11) is 1.69. The summed E-state index contributed by atoms with van der Waals surface area (Å²) in [5, 5.41) is 10.9. The smallest absolute Gasteiger partial charge is 0.343 e. The van der Waals surface area contributed by atoms with Crippen LogP contribution in [0.2, 0.25) is 0 Å². The summed E-state index contributed by atoms with van der Waals surface area (Å²) in [6, 6.07) is 8.21. The third-order valence-electron chi connectivity index (χ3n) is 4.77. The van der Waals surface area contributed by atoms with Gasteiger partial charge in [-0.25, -0.2) is 9.89 Å². The molecule has 0 atom stereocenters. The van der Waals surface area contributed by atoms with Gasteiger partial charge in [-0.3, -0.25) is 14.1 Å². The number of ether oxygens (including phenoxy) is 1. The molecule has 4 rings (SSSR count). The van der Waals surface area contributed by atoms with E-state index < -0.39 is 0 Å². The van der Waals surface area contributed by atoms with Crippen LogP contribution in [-0.2, 0) is 26.1 Å². The van der Waals surface area contributed by atoms with Gasteiger partial charge in [-0.2, -0.15) is 10.2 Å². The van der Waals surface area contributed by atoms with Gasteiger partial charge in [0.1, 0.15) is 11.6 Å². The molecule has 0 saturated heterocycles. The van der Waals surface area contributed by atoms with E-state index in [1.54, 1.807) is 17.9 Å². The summed E-state index contributed by atoms with van der Waals surface area (Å²) in [6.07, 6.45) is 4.49. The average Bonchev–Trinajstić information content (AvgIpc) is 3.22. The first-order chi connectivity index (χ1) is 12.7. The molecule has 8 nitrogen and oxygen atoms in total. The van der Waals surface area contributed by atoms with Gasteiger partial charge in [-0.15, -0.1) is 0 Å². The average molecular weight is 354 g/mol. The van der Waals surface area contributed by atoms with E-state index in [1.165, 1.54) is 5.56 Å². The first-order valence-electron chi connectivity index (χ1n) is 8.72. The van der Waals surface area contributed by atoms with Crippen molar-refractivity contribution in [2.24, 2.45) is 0 Å². The highest BCUT2D eigenvalue weighted by Crippen LogP contribution is 2.22. The quantitative estimate of drug-likeness (QED) is 0.736. The van der Waals surface area contributed by atoms with Gasteiger partial charge in [-0.05, 0) is 23.8 Å². The second-order valence-electron chi connectivity index (χ2n) is 6.47. The molecule has 0 unspecified atom stereocenters. The van der Waals surface area contributed by atoms with Gasteiger partial charge in [0.05, 0.1) is 13.7 Å². The molecule has 0 saturated carbocycles. The van der Waals surface area contributed by atoms with E-state index in [9.17, 15) is 4.79 Å². The Hall–Kier alpha value is -2.87. The van der Waals surface area contributed by atoms with E-state index in [2.05, 4.69) is 32.3 Å². The molecular weight excluding hydrogens is 332 g/mol. The molecule has 1 aliphatic heterocycles. The van der Waals surface area contributed by atoms with Crippen molar-refractivity contribution in [1.82, 2.24) is 29.4 Å². The molecule has 0 aliphatic carbocycles. The minimum absolute atomic E-state index is 0.118. The van der Waals surface area contributed by atoms with E-state index in [0.717, 1.165) is 43.2 Å². The maximum absolute atomic E-state index is 11.8. The van der Waals surface area contributed by atoms with Crippen molar-refractivity contribution in [1.29, 1.82) is 0 Å². The highest BCUT2D eigenvalue weighted by atomic mass is 16.5. The maximum Gasteiger partial charge on any atom is 0.343 e. The summed E-state index contributed by atoms with van der Waals surface area (Å²) in [5.41, 5.74) is 2.21. The fourth-order valence-corrected chi connectivity index (χ4v) is 3.42. The Morgan fingerprint density at radius 1 is 1.23 bits per heavy atom. The van der Waals surface area contributed by atoms with Gasteiger partial charge < -0.3 is 4.74 Å². The number of fused-ring (bicyclic) bond motifs is 1. The van der Waals surface area contributed by atoms with Crippen molar-refractivity contribution < 1.29 is 4.74 Å². The topological polar surface area (TPSA) is 81.0 Å². The van der Waals surface area contributed by atoms with Crippen molar-refractivity contribution in [3.8, 4) is 5.75 Å². The largest absolute Gasteiger partial charge is 0.496 e. The SMILES string of the molecule is COc1ccc(CN2CCc3n[nH]c(=O)n3CC2)cc1Cn1cccn1. The van der Waals surface area contributed by atoms with Crippen LogP contribution in [0.5, 0.6) is 5.75 Å². The van der Waals surface area contributed by atoms with Crippen LogP contribution in [0.15, 0.2) is 41.5 Å². The van der Waals surface area contributed by atoms with Crippen LogP contribution in [0, 0.1) is 0 Å². The second kappa shape index (κ2) is 7.17. The summed E-state index contributed by atoms with van der Waals surface area (Å²) in [5.74, 6) is 1.71. The van der Waals surface area contributed by atoms with Gasteiger partial charge in [0.15, 0.2) is 0 Å². The van der Waals surface area contributed by atoms with Crippen molar-refractivity contribution in [2.75, 3.05) is 20.2 Å². The van der Waals surface area contributed by atoms with Gasteiger partial charge in [0.25, 0.3) is 0 Å². The second-order valence-corrected chi connectivity index (χ2v) is 6.47. The van der Waals surface area contributed by atoms with E-state index in [-0.39, 0.29) is 5.69 Å². The Kier molecular flexibility index (Phi) is 4.57. The summed E-state index contributed by atoms with van der Waals surface area (Å²) < 4.78 is 9.12. The number of nitrogens with zero attached hydrogens (tertiary/aromatic N) is 5. The molecule has 8 heteroatoms. The first kappa shape index (κ1) is 16.6. The molecule has 3 heterocycles. The third-order valence-corrected chi connectivity index (χ3v) is 4.77. The van der Waals surface area contributed by atoms with E-state index >= 15 is 0 Å². The Bertz CT molecular complexity index is 928. The van der Waals surface area contributed by atoms with Crippen LogP contribution in [0.25, 0.3) is 0 Å². The normalized spacial score (nSPS) is 14.8. The molecule has 2 aromatic heterocycles. The zero-order chi connectivity index (χ0) is 17.9. The lowest BCUT2D eigenvalue weighted by Crippen LogP contribution is -2.28. The molecule has 1 aliphatic rings. The number of rotatable bonds is 5. The number of H-pyrrole nitrogens is 1. The summed E-state index contributed by atoms with van der Waals surface area (Å²) in [4.78, 5) is 14.1. The van der Waals surface area contributed by atoms with Gasteiger partial charge in [0.2, 0.25) is 0 Å². The molecule has 0 bridgehead atoms. The number of aromatic nitrogens is 5. The predicted molar refractivity (Wildman–Crippen MR) is 96.2 cm³/mol. The Labute approximate surface area is 151 Å². The zero-order valence-electron chi connectivity index (χ0n) is 14.8. The molecule has 136 valence electrons. The summed E-state index contributed by atoms with van der Waals surface area (Å²) >= 11 is 0. The van der Waals surface area contributed by atoms with Crippen LogP contribution in [0.4, 0.5) is 0 Å². The molecule has 0 fully saturated rings. The molecular formula is C18H22N6O2. The lowest BCUT2D eigenvalue weighted by molar-refractivity contribution is 0.270. The van der Waals surface area contributed by atoms with Crippen molar-refractivity contribution in [2.45, 2.75) is 26.1 Å². The molecule has 1 aromatic carbocycles. The molecule has 0 spiro atoms. The summed E-state index contributed by atoms with van der Waals surface area (Å²) in [6.45, 7) is 3.88. The predicted octanol–water partition coefficient (Wildman–Crippen LogP) is 0.883. The monoisotopic (exact) mass is 354 g/mol. The van der Waals surface area contributed by atoms with Crippen LogP contribution >= 0.6 is 0 Å². The molecule has 1 N–H and O–H groups in total. The number of nitrogens with one attached hydrogen (secondary N) is 1. The number of methoxy groups -OCH3 is 1. The van der Waals surface area contributed by atoms with Crippen LogP contribution in [-0.4, -0.2) is 49.6 Å². The standard InChI is InChI=1S/C18H22N6O2/c1-26-16-4-3-14(11-15(16)13-23-7-2-6-19-23)12-22-8-5-17-20-21-18(25)24(17)10-9-22/h2-4,6-7,11H,5,8-10,12-13H2,1H3,(H,21,25).